The topological polar surface area (TPSA) is 221 Å². The molecule has 2 amide bonds. The number of amides is 2. The quantitative estimate of drug-likeness (QED) is 0.115. The Balaban J connectivity index is 1.64. The molecular formula is C29H28N4O10. The minimum atomic E-state index is -1.70. The van der Waals surface area contributed by atoms with E-state index in [1.807, 2.05) is 0 Å². The molecule has 7 rings (SSSR count). The van der Waals surface area contributed by atoms with Gasteiger partial charge in [0, 0.05) is 27.1 Å². The summed E-state index contributed by atoms with van der Waals surface area (Å²) in [6, 6.07) is 10.4. The normalized spacial score (nSPS) is 24.4. The van der Waals surface area contributed by atoms with E-state index >= 15 is 0 Å². The Morgan fingerprint density at radius 2 is 1.58 bits per heavy atom. The Labute approximate surface area is 241 Å². The van der Waals surface area contributed by atoms with Gasteiger partial charge < -0.3 is 50.0 Å². The number of nitrogens with one attached hydrogen (secondary N) is 2. The third-order valence-electron chi connectivity index (χ3n) is 8.39. The Morgan fingerprint density at radius 3 is 2.28 bits per heavy atom. The largest absolute Gasteiger partial charge is 0.508 e. The summed E-state index contributed by atoms with van der Waals surface area (Å²) in [4.78, 5) is 31.3. The fourth-order valence-electron chi connectivity index (χ4n) is 6.37. The van der Waals surface area contributed by atoms with Crippen LogP contribution in [-0.2, 0) is 4.74 Å². The summed E-state index contributed by atoms with van der Waals surface area (Å²) in [5.41, 5.74) is 4.26. The summed E-state index contributed by atoms with van der Waals surface area (Å²) < 4.78 is 7.48. The number of hydrogen-bond acceptors (Lipinski definition) is 11. The second kappa shape index (κ2) is 9.97. The van der Waals surface area contributed by atoms with Crippen molar-refractivity contribution in [1.82, 2.24) is 20.0 Å². The molecule has 0 radical (unpaired) electrons. The van der Waals surface area contributed by atoms with Gasteiger partial charge in [0.15, 0.2) is 6.23 Å². The van der Waals surface area contributed by atoms with Gasteiger partial charge in [0.2, 0.25) is 0 Å². The van der Waals surface area contributed by atoms with Crippen molar-refractivity contribution < 1.29 is 50.1 Å². The number of phenolic OH excluding ortho intramolecular Hbond substituents is 1. The lowest BCUT2D eigenvalue weighted by Crippen LogP contribution is -2.56. The standard InChI is InChI=1S/C29H28N4O10/c34-8-11(9-35)31-33-27(41)20-18-13-3-1-2-4-15(13)30-22(18)23-19(21(20)28(33)42)14-7-12(37)5-6-16(14)32(23)29-26(40)25(39)24(38)17(10-36)43-29/h1-7,11,17,24-26,29-31,34-40H,8-10H2/t17-,24-,25+,26-,29-/m1/s1. The van der Waals surface area contributed by atoms with Crippen molar-refractivity contribution >= 4 is 55.4 Å². The van der Waals surface area contributed by atoms with Gasteiger partial charge in [-0.3, -0.25) is 9.59 Å². The van der Waals surface area contributed by atoms with Gasteiger partial charge in [-0.2, -0.15) is 0 Å². The molecule has 0 bridgehead atoms. The van der Waals surface area contributed by atoms with Crippen LogP contribution < -0.4 is 5.43 Å². The molecule has 1 saturated heterocycles. The summed E-state index contributed by atoms with van der Waals surface area (Å²) in [6.07, 6.45) is -7.64. The van der Waals surface area contributed by atoms with E-state index in [0.29, 0.717) is 38.2 Å². The predicted molar refractivity (Wildman–Crippen MR) is 151 cm³/mol. The van der Waals surface area contributed by atoms with Crippen molar-refractivity contribution in [3.05, 3.63) is 53.6 Å². The summed E-state index contributed by atoms with van der Waals surface area (Å²) >= 11 is 0. The monoisotopic (exact) mass is 592 g/mol. The van der Waals surface area contributed by atoms with Crippen LogP contribution in [0.25, 0.3) is 43.6 Å². The number of aromatic hydroxyl groups is 1. The first-order valence-electron chi connectivity index (χ1n) is 13.6. The van der Waals surface area contributed by atoms with E-state index in [4.69, 9.17) is 4.74 Å². The first-order valence-corrected chi connectivity index (χ1v) is 13.6. The molecule has 14 nitrogen and oxygen atoms in total. The van der Waals surface area contributed by atoms with Gasteiger partial charge >= 0.3 is 0 Å². The number of para-hydroxylation sites is 1. The molecule has 0 spiro atoms. The molecule has 224 valence electrons. The molecule has 5 atom stereocenters. The lowest BCUT2D eigenvalue weighted by atomic mass is 9.96. The van der Waals surface area contributed by atoms with E-state index in [2.05, 4.69) is 10.4 Å². The van der Waals surface area contributed by atoms with Gasteiger partial charge in [0.25, 0.3) is 11.8 Å². The first kappa shape index (κ1) is 27.7. The highest BCUT2D eigenvalue weighted by Crippen LogP contribution is 2.47. The van der Waals surface area contributed by atoms with Gasteiger partial charge in [-0.15, -0.1) is 0 Å². The molecular weight excluding hydrogens is 564 g/mol. The Hall–Kier alpha value is -4.12. The minimum Gasteiger partial charge on any atom is -0.508 e. The number of aromatic nitrogens is 2. The number of H-pyrrole nitrogens is 1. The number of aromatic amines is 1. The molecule has 2 aliphatic rings. The molecule has 0 unspecified atom stereocenters. The maximum absolute atomic E-state index is 14.1. The van der Waals surface area contributed by atoms with Crippen molar-refractivity contribution in [1.29, 1.82) is 0 Å². The molecule has 0 saturated carbocycles. The van der Waals surface area contributed by atoms with Crippen molar-refractivity contribution in [2.75, 3.05) is 19.8 Å². The number of carbonyl (C=O) groups excluding carboxylic acids is 2. The third kappa shape index (κ3) is 3.76. The summed E-state index contributed by atoms with van der Waals surface area (Å²) in [5.74, 6) is -1.66. The second-order valence-electron chi connectivity index (χ2n) is 10.8. The molecule has 5 aromatic rings. The Bertz CT molecular complexity index is 1940. The van der Waals surface area contributed by atoms with Gasteiger partial charge in [0.05, 0.1) is 53.5 Å². The zero-order valence-corrected chi connectivity index (χ0v) is 22.4. The highest BCUT2D eigenvalue weighted by atomic mass is 16.6. The van der Waals surface area contributed by atoms with E-state index in [-0.39, 0.29) is 22.3 Å². The van der Waals surface area contributed by atoms with Gasteiger partial charge in [0.1, 0.15) is 30.2 Å². The molecule has 2 aliphatic heterocycles. The Morgan fingerprint density at radius 1 is 0.884 bits per heavy atom. The van der Waals surface area contributed by atoms with E-state index in [9.17, 15) is 45.3 Å². The summed E-state index contributed by atoms with van der Waals surface area (Å²) in [6.45, 7) is -1.79. The summed E-state index contributed by atoms with van der Waals surface area (Å²) in [5, 5.41) is 74.3. The number of hydrogen-bond donors (Lipinski definition) is 9. The number of nitrogens with zero attached hydrogens (tertiary/aromatic N) is 2. The van der Waals surface area contributed by atoms with Crippen LogP contribution in [0, 0.1) is 0 Å². The van der Waals surface area contributed by atoms with Crippen LogP contribution in [0.1, 0.15) is 26.9 Å². The van der Waals surface area contributed by atoms with Crippen LogP contribution in [-0.4, -0.2) is 112 Å². The van der Waals surface area contributed by atoms with Crippen LogP contribution in [0.3, 0.4) is 0 Å². The van der Waals surface area contributed by atoms with Crippen LogP contribution in [0.2, 0.25) is 0 Å². The summed E-state index contributed by atoms with van der Waals surface area (Å²) in [7, 11) is 0. The van der Waals surface area contributed by atoms with E-state index < -0.39 is 68.3 Å². The minimum absolute atomic E-state index is 0.0293. The average molecular weight is 593 g/mol. The predicted octanol–water partition coefficient (Wildman–Crippen LogP) is -0.439. The molecule has 2 aromatic heterocycles. The fraction of sp³-hybridized carbons (Fsp3) is 0.310. The number of hydrazine groups is 1. The molecule has 14 heteroatoms. The number of ether oxygens (including phenoxy) is 1. The van der Waals surface area contributed by atoms with Crippen LogP contribution in [0.5, 0.6) is 5.75 Å². The van der Waals surface area contributed by atoms with Crippen LogP contribution in [0.4, 0.5) is 0 Å². The number of carbonyl (C=O) groups is 2. The van der Waals surface area contributed by atoms with Gasteiger partial charge in [-0.05, 0) is 24.3 Å². The highest BCUT2D eigenvalue weighted by molar-refractivity contribution is 6.39. The Kier molecular flexibility index (Phi) is 6.42. The number of benzene rings is 3. The molecule has 1 fully saturated rings. The van der Waals surface area contributed by atoms with Crippen molar-refractivity contribution in [2.45, 2.75) is 36.7 Å². The number of aliphatic hydroxyl groups excluding tert-OH is 6. The maximum Gasteiger partial charge on any atom is 0.276 e. The van der Waals surface area contributed by atoms with E-state index in [0.717, 1.165) is 5.01 Å². The van der Waals surface area contributed by atoms with Crippen LogP contribution in [0.15, 0.2) is 42.5 Å². The smallest absolute Gasteiger partial charge is 0.276 e. The number of imide groups is 1. The molecule has 3 aromatic carbocycles. The third-order valence-corrected chi connectivity index (χ3v) is 8.39. The second-order valence-corrected chi connectivity index (χ2v) is 10.8. The van der Waals surface area contributed by atoms with Crippen molar-refractivity contribution in [3.63, 3.8) is 0 Å². The lowest BCUT2D eigenvalue weighted by molar-refractivity contribution is -0.249. The van der Waals surface area contributed by atoms with E-state index in [1.54, 1.807) is 24.3 Å². The highest BCUT2D eigenvalue weighted by Gasteiger charge is 2.47. The number of rotatable bonds is 6. The van der Waals surface area contributed by atoms with Crippen molar-refractivity contribution in [3.8, 4) is 5.75 Å². The number of phenols is 1. The molecule has 4 heterocycles. The van der Waals surface area contributed by atoms with Crippen LogP contribution >= 0.6 is 0 Å². The molecule has 9 N–H and O–H groups in total. The number of fused-ring (bicyclic) bond motifs is 10. The lowest BCUT2D eigenvalue weighted by Gasteiger charge is -2.41. The average Bonchev–Trinajstić information content (AvgIpc) is 3.62. The number of aliphatic hydroxyl groups is 6. The first-order chi connectivity index (χ1) is 20.7. The molecule has 0 aliphatic carbocycles. The fourth-order valence-corrected chi connectivity index (χ4v) is 6.37. The molecule has 43 heavy (non-hydrogen) atoms. The zero-order valence-electron chi connectivity index (χ0n) is 22.4. The van der Waals surface area contributed by atoms with Crippen molar-refractivity contribution in [2.24, 2.45) is 0 Å². The zero-order chi connectivity index (χ0) is 30.3. The maximum atomic E-state index is 14.1. The van der Waals surface area contributed by atoms with E-state index in [1.165, 1.54) is 22.8 Å². The SMILES string of the molecule is O=C1c2c(c3c4cc(O)ccc4n([C@@H]4O[C@H](CO)[C@@H](O)[C@H](O)[C@H]4O)c3c3[nH]c4ccccc4c23)C(=O)N1NC(CO)CO. The van der Waals surface area contributed by atoms with Gasteiger partial charge in [-0.1, -0.05) is 18.2 Å². The van der Waals surface area contributed by atoms with Gasteiger partial charge in [-0.25, -0.2) is 10.4 Å².